The monoisotopic (exact) mass is 364 g/mol. The van der Waals surface area contributed by atoms with Crippen molar-refractivity contribution in [3.8, 4) is 0 Å². The minimum atomic E-state index is -0.0339. The third kappa shape index (κ3) is 2.39. The molecule has 1 N–H and O–H groups in total. The van der Waals surface area contributed by atoms with Crippen LogP contribution < -0.4 is 0 Å². The molecule has 0 radical (unpaired) electrons. The summed E-state index contributed by atoms with van der Waals surface area (Å²) in [5, 5.41) is 1.80. The standard InChI is InChI=1S/C20H17ClN4O/c1-12-4-6-24-11-18(23-19(24)8-12)20(26)25-7-5-17-15(10-25)14-9-13(21)2-3-16(14)22-17/h2-4,6,8-9,11,22H,5,7,10H2,1H3. The maximum atomic E-state index is 13.0. The number of halogens is 1. The maximum Gasteiger partial charge on any atom is 0.274 e. The van der Waals surface area contributed by atoms with E-state index in [1.165, 1.54) is 5.69 Å². The molecule has 4 aromatic rings. The number of H-pyrrole nitrogens is 1. The minimum absolute atomic E-state index is 0.0339. The van der Waals surface area contributed by atoms with Crippen LogP contribution in [0.1, 0.15) is 27.3 Å². The van der Waals surface area contributed by atoms with E-state index >= 15 is 0 Å². The summed E-state index contributed by atoms with van der Waals surface area (Å²) < 4.78 is 1.89. The number of fused-ring (bicyclic) bond motifs is 4. The zero-order valence-electron chi connectivity index (χ0n) is 14.3. The van der Waals surface area contributed by atoms with Gasteiger partial charge in [0.25, 0.3) is 5.91 Å². The summed E-state index contributed by atoms with van der Waals surface area (Å²) in [6.07, 6.45) is 4.54. The average Bonchev–Trinajstić information content (AvgIpc) is 3.21. The van der Waals surface area contributed by atoms with E-state index in [2.05, 4.69) is 9.97 Å². The molecule has 0 bridgehead atoms. The fraction of sp³-hybridized carbons (Fsp3) is 0.200. The Labute approximate surface area is 155 Å². The number of nitrogens with one attached hydrogen (secondary N) is 1. The molecule has 0 aliphatic carbocycles. The van der Waals surface area contributed by atoms with Gasteiger partial charge in [-0.05, 0) is 42.8 Å². The third-order valence-corrected chi connectivity index (χ3v) is 5.29. The molecule has 1 amide bonds. The van der Waals surface area contributed by atoms with Crippen LogP contribution in [-0.4, -0.2) is 31.7 Å². The lowest BCUT2D eigenvalue weighted by Crippen LogP contribution is -2.36. The Bertz CT molecular complexity index is 1170. The van der Waals surface area contributed by atoms with Crippen molar-refractivity contribution < 1.29 is 4.79 Å². The number of pyridine rings is 1. The lowest BCUT2D eigenvalue weighted by atomic mass is 10.0. The smallest absolute Gasteiger partial charge is 0.274 e. The van der Waals surface area contributed by atoms with Gasteiger partial charge >= 0.3 is 0 Å². The first kappa shape index (κ1) is 15.5. The highest BCUT2D eigenvalue weighted by molar-refractivity contribution is 6.31. The third-order valence-electron chi connectivity index (χ3n) is 5.06. The maximum absolute atomic E-state index is 13.0. The molecule has 0 saturated carbocycles. The fourth-order valence-corrected chi connectivity index (χ4v) is 3.88. The quantitative estimate of drug-likeness (QED) is 0.555. The lowest BCUT2D eigenvalue weighted by molar-refractivity contribution is 0.0730. The summed E-state index contributed by atoms with van der Waals surface area (Å²) in [6, 6.07) is 9.83. The van der Waals surface area contributed by atoms with Crippen LogP contribution in [-0.2, 0) is 13.0 Å². The van der Waals surface area contributed by atoms with Gasteiger partial charge in [-0.1, -0.05) is 11.6 Å². The number of aromatic amines is 1. The molecule has 0 spiro atoms. The van der Waals surface area contributed by atoms with Gasteiger partial charge in [-0.2, -0.15) is 0 Å². The highest BCUT2D eigenvalue weighted by atomic mass is 35.5. The normalized spacial score (nSPS) is 14.2. The van der Waals surface area contributed by atoms with Crippen molar-refractivity contribution in [1.29, 1.82) is 0 Å². The van der Waals surface area contributed by atoms with Gasteiger partial charge in [-0.25, -0.2) is 4.98 Å². The number of aryl methyl sites for hydroxylation is 1. The zero-order chi connectivity index (χ0) is 17.8. The molecule has 0 saturated heterocycles. The second-order valence-corrected chi connectivity index (χ2v) is 7.28. The van der Waals surface area contributed by atoms with Gasteiger partial charge in [0.2, 0.25) is 0 Å². The molecule has 3 aromatic heterocycles. The summed E-state index contributed by atoms with van der Waals surface area (Å²) in [4.78, 5) is 22.8. The summed E-state index contributed by atoms with van der Waals surface area (Å²) in [5.74, 6) is -0.0339. The van der Waals surface area contributed by atoms with Gasteiger partial charge in [0, 0.05) is 59.1 Å². The van der Waals surface area contributed by atoms with Crippen LogP contribution in [0.25, 0.3) is 16.6 Å². The van der Waals surface area contributed by atoms with Crippen molar-refractivity contribution in [3.05, 3.63) is 70.3 Å². The Hall–Kier alpha value is -2.79. The van der Waals surface area contributed by atoms with Crippen molar-refractivity contribution in [3.63, 3.8) is 0 Å². The second-order valence-electron chi connectivity index (χ2n) is 6.84. The van der Waals surface area contributed by atoms with Gasteiger partial charge in [0.1, 0.15) is 11.3 Å². The van der Waals surface area contributed by atoms with Gasteiger partial charge in [-0.3, -0.25) is 4.79 Å². The highest BCUT2D eigenvalue weighted by Gasteiger charge is 2.26. The average molecular weight is 365 g/mol. The Morgan fingerprint density at radius 3 is 3.04 bits per heavy atom. The van der Waals surface area contributed by atoms with E-state index in [1.54, 1.807) is 6.20 Å². The predicted molar refractivity (Wildman–Crippen MR) is 102 cm³/mol. The van der Waals surface area contributed by atoms with Crippen LogP contribution in [0.15, 0.2) is 42.7 Å². The molecule has 1 aliphatic heterocycles. The van der Waals surface area contributed by atoms with Crippen LogP contribution in [0.3, 0.4) is 0 Å². The molecule has 0 unspecified atom stereocenters. The van der Waals surface area contributed by atoms with Crippen molar-refractivity contribution >= 4 is 34.1 Å². The number of benzene rings is 1. The first-order valence-electron chi connectivity index (χ1n) is 8.62. The van der Waals surface area contributed by atoms with Crippen LogP contribution in [0, 0.1) is 6.92 Å². The molecular formula is C20H17ClN4O. The first-order chi connectivity index (χ1) is 12.6. The van der Waals surface area contributed by atoms with Crippen molar-refractivity contribution in [2.45, 2.75) is 19.9 Å². The predicted octanol–water partition coefficient (Wildman–Crippen LogP) is 3.98. The molecule has 5 nitrogen and oxygen atoms in total. The molecule has 0 fully saturated rings. The number of amides is 1. The summed E-state index contributed by atoms with van der Waals surface area (Å²) in [6.45, 7) is 3.27. The Morgan fingerprint density at radius 2 is 2.15 bits per heavy atom. The zero-order valence-corrected chi connectivity index (χ0v) is 15.0. The van der Waals surface area contributed by atoms with Crippen molar-refractivity contribution in [1.82, 2.24) is 19.3 Å². The lowest BCUT2D eigenvalue weighted by Gasteiger charge is -2.26. The van der Waals surface area contributed by atoms with E-state index < -0.39 is 0 Å². The van der Waals surface area contributed by atoms with Gasteiger partial charge < -0.3 is 14.3 Å². The topological polar surface area (TPSA) is 53.4 Å². The first-order valence-corrected chi connectivity index (χ1v) is 9.00. The van der Waals surface area contributed by atoms with Crippen LogP contribution in [0.5, 0.6) is 0 Å². The highest BCUT2D eigenvalue weighted by Crippen LogP contribution is 2.30. The number of carbonyl (C=O) groups is 1. The van der Waals surface area contributed by atoms with E-state index in [0.717, 1.165) is 34.1 Å². The Morgan fingerprint density at radius 1 is 1.27 bits per heavy atom. The summed E-state index contributed by atoms with van der Waals surface area (Å²) in [7, 11) is 0. The molecular weight excluding hydrogens is 348 g/mol. The fourth-order valence-electron chi connectivity index (χ4n) is 3.71. The number of nitrogens with zero attached hydrogens (tertiary/aromatic N) is 3. The van der Waals surface area contributed by atoms with Gasteiger partial charge in [-0.15, -0.1) is 0 Å². The van der Waals surface area contributed by atoms with Crippen LogP contribution >= 0.6 is 11.6 Å². The van der Waals surface area contributed by atoms with Crippen molar-refractivity contribution in [2.75, 3.05) is 6.54 Å². The number of imidazole rings is 1. The minimum Gasteiger partial charge on any atom is -0.358 e. The molecule has 6 heteroatoms. The molecule has 26 heavy (non-hydrogen) atoms. The van der Waals surface area contributed by atoms with E-state index in [0.29, 0.717) is 23.8 Å². The molecule has 5 rings (SSSR count). The van der Waals surface area contributed by atoms with Crippen LogP contribution in [0.4, 0.5) is 0 Å². The second kappa shape index (κ2) is 5.61. The molecule has 0 atom stereocenters. The molecule has 4 heterocycles. The number of aromatic nitrogens is 3. The van der Waals surface area contributed by atoms with Gasteiger partial charge in [0.15, 0.2) is 0 Å². The molecule has 1 aliphatic rings. The van der Waals surface area contributed by atoms with E-state index in [4.69, 9.17) is 11.6 Å². The summed E-state index contributed by atoms with van der Waals surface area (Å²) >= 11 is 6.16. The SMILES string of the molecule is Cc1ccn2cc(C(=O)N3CCc4[nH]c5ccc(Cl)cc5c4C3)nc2c1. The largest absolute Gasteiger partial charge is 0.358 e. The van der Waals surface area contributed by atoms with Crippen LogP contribution in [0.2, 0.25) is 5.02 Å². The number of hydrogen-bond acceptors (Lipinski definition) is 2. The number of hydrogen-bond donors (Lipinski definition) is 1. The van der Waals surface area contributed by atoms with E-state index in [1.807, 2.05) is 52.8 Å². The summed E-state index contributed by atoms with van der Waals surface area (Å²) in [5.41, 5.74) is 5.82. The molecule has 130 valence electrons. The Kier molecular flexibility index (Phi) is 3.34. The Balaban J connectivity index is 1.50. The molecule has 1 aromatic carbocycles. The number of carbonyl (C=O) groups excluding carboxylic acids is 1. The number of rotatable bonds is 1. The van der Waals surface area contributed by atoms with E-state index in [-0.39, 0.29) is 5.91 Å². The van der Waals surface area contributed by atoms with Crippen molar-refractivity contribution in [2.24, 2.45) is 0 Å². The van der Waals surface area contributed by atoms with Gasteiger partial charge in [0.05, 0.1) is 0 Å². The van der Waals surface area contributed by atoms with E-state index in [9.17, 15) is 4.79 Å².